The maximum Gasteiger partial charge on any atom is 0.332 e. The maximum atomic E-state index is 13.3. The molecule has 102 valence electrons. The van der Waals surface area contributed by atoms with E-state index in [1.165, 1.54) is 12.1 Å². The zero-order chi connectivity index (χ0) is 14.0. The van der Waals surface area contributed by atoms with E-state index in [2.05, 4.69) is 5.32 Å². The Bertz CT molecular complexity index is 517. The van der Waals surface area contributed by atoms with Crippen molar-refractivity contribution in [3.8, 4) is 0 Å². The minimum Gasteiger partial charge on any atom is -0.479 e. The smallest absolute Gasteiger partial charge is 0.332 e. The van der Waals surface area contributed by atoms with Gasteiger partial charge in [0.25, 0.3) is 5.91 Å². The molecule has 1 aliphatic heterocycles. The van der Waals surface area contributed by atoms with Gasteiger partial charge < -0.3 is 15.2 Å². The zero-order valence-corrected chi connectivity index (χ0v) is 10.4. The highest BCUT2D eigenvalue weighted by atomic mass is 19.1. The van der Waals surface area contributed by atoms with E-state index in [4.69, 9.17) is 9.84 Å². The fourth-order valence-corrected chi connectivity index (χ4v) is 1.97. The SMILES string of the molecule is Cc1c(F)cccc1NC(=O)[C@@H]1CC[C@H](C(=O)O)O1. The monoisotopic (exact) mass is 267 g/mol. The van der Waals surface area contributed by atoms with Crippen LogP contribution in [-0.4, -0.2) is 29.2 Å². The van der Waals surface area contributed by atoms with Gasteiger partial charge in [-0.15, -0.1) is 0 Å². The van der Waals surface area contributed by atoms with E-state index in [-0.39, 0.29) is 0 Å². The summed E-state index contributed by atoms with van der Waals surface area (Å²) >= 11 is 0. The first-order valence-electron chi connectivity index (χ1n) is 5.93. The van der Waals surface area contributed by atoms with Crippen molar-refractivity contribution in [2.75, 3.05) is 5.32 Å². The molecule has 1 fully saturated rings. The van der Waals surface area contributed by atoms with Gasteiger partial charge >= 0.3 is 5.97 Å². The highest BCUT2D eigenvalue weighted by Gasteiger charge is 2.34. The van der Waals surface area contributed by atoms with E-state index in [1.807, 2.05) is 0 Å². The number of rotatable bonds is 3. The fourth-order valence-electron chi connectivity index (χ4n) is 1.97. The molecule has 0 aliphatic carbocycles. The number of halogens is 1. The molecular formula is C13H14FNO4. The minimum absolute atomic E-state index is 0.301. The summed E-state index contributed by atoms with van der Waals surface area (Å²) in [6.07, 6.45) is -1.10. The lowest BCUT2D eigenvalue weighted by atomic mass is 10.1. The number of aliphatic carboxylic acids is 1. The van der Waals surface area contributed by atoms with Crippen molar-refractivity contribution in [3.63, 3.8) is 0 Å². The molecular weight excluding hydrogens is 253 g/mol. The standard InChI is InChI=1S/C13H14FNO4/c1-7-8(14)3-2-4-9(7)15-12(16)10-5-6-11(19-10)13(17)18/h2-4,10-11H,5-6H2,1H3,(H,15,16)(H,17,18)/t10-,11+/m0/s1. The van der Waals surface area contributed by atoms with Gasteiger partial charge in [0, 0.05) is 11.3 Å². The van der Waals surface area contributed by atoms with Crippen molar-refractivity contribution in [3.05, 3.63) is 29.6 Å². The van der Waals surface area contributed by atoms with Crippen LogP contribution < -0.4 is 5.32 Å². The Morgan fingerprint density at radius 2 is 2.05 bits per heavy atom. The number of nitrogens with one attached hydrogen (secondary N) is 1. The van der Waals surface area contributed by atoms with Crippen LogP contribution in [0.3, 0.4) is 0 Å². The predicted octanol–water partition coefficient (Wildman–Crippen LogP) is 1.70. The molecule has 19 heavy (non-hydrogen) atoms. The molecule has 5 nitrogen and oxygen atoms in total. The fraction of sp³-hybridized carbons (Fsp3) is 0.385. The third-order valence-electron chi connectivity index (χ3n) is 3.11. The Labute approximate surface area is 109 Å². The van der Waals surface area contributed by atoms with Gasteiger partial charge in [-0.1, -0.05) is 6.07 Å². The van der Waals surface area contributed by atoms with Crippen molar-refractivity contribution in [1.29, 1.82) is 0 Å². The number of carbonyl (C=O) groups is 2. The molecule has 0 bridgehead atoms. The quantitative estimate of drug-likeness (QED) is 0.874. The first-order valence-corrected chi connectivity index (χ1v) is 5.93. The van der Waals surface area contributed by atoms with Gasteiger partial charge in [-0.05, 0) is 31.9 Å². The van der Waals surface area contributed by atoms with Gasteiger partial charge in [-0.2, -0.15) is 0 Å². The number of ether oxygens (including phenoxy) is 1. The minimum atomic E-state index is -1.07. The molecule has 0 saturated carbocycles. The number of carbonyl (C=O) groups excluding carboxylic acids is 1. The van der Waals surface area contributed by atoms with Crippen LogP contribution in [0, 0.1) is 12.7 Å². The highest BCUT2D eigenvalue weighted by Crippen LogP contribution is 2.23. The molecule has 0 aromatic heterocycles. The zero-order valence-electron chi connectivity index (χ0n) is 10.4. The summed E-state index contributed by atoms with van der Waals surface area (Å²) in [7, 11) is 0. The number of hydrogen-bond donors (Lipinski definition) is 2. The van der Waals surface area contributed by atoms with Crippen LogP contribution in [0.2, 0.25) is 0 Å². The number of carboxylic acid groups (broad SMARTS) is 1. The Morgan fingerprint density at radius 1 is 1.37 bits per heavy atom. The van der Waals surface area contributed by atoms with Crippen LogP contribution in [0.1, 0.15) is 18.4 Å². The molecule has 1 aliphatic rings. The third kappa shape index (κ3) is 2.90. The van der Waals surface area contributed by atoms with Crippen LogP contribution in [-0.2, 0) is 14.3 Å². The maximum absolute atomic E-state index is 13.3. The summed E-state index contributed by atoms with van der Waals surface area (Å²) in [5, 5.41) is 11.3. The van der Waals surface area contributed by atoms with E-state index in [0.717, 1.165) is 0 Å². The number of hydrogen-bond acceptors (Lipinski definition) is 3. The molecule has 1 aromatic carbocycles. The molecule has 6 heteroatoms. The van der Waals surface area contributed by atoms with Crippen LogP contribution >= 0.6 is 0 Å². The summed E-state index contributed by atoms with van der Waals surface area (Å²) in [5.41, 5.74) is 0.705. The van der Waals surface area contributed by atoms with Gasteiger partial charge in [-0.3, -0.25) is 4.79 Å². The molecule has 2 rings (SSSR count). The summed E-state index contributed by atoms with van der Waals surface area (Å²) in [6.45, 7) is 1.56. The number of amides is 1. The van der Waals surface area contributed by atoms with Crippen molar-refractivity contribution >= 4 is 17.6 Å². The van der Waals surface area contributed by atoms with E-state index in [9.17, 15) is 14.0 Å². The second-order valence-corrected chi connectivity index (χ2v) is 4.43. The second kappa shape index (κ2) is 5.36. The van der Waals surface area contributed by atoms with Crippen molar-refractivity contribution < 1.29 is 23.8 Å². The normalized spacial score (nSPS) is 22.2. The van der Waals surface area contributed by atoms with E-state index in [0.29, 0.717) is 24.1 Å². The van der Waals surface area contributed by atoms with Crippen molar-refractivity contribution in [2.24, 2.45) is 0 Å². The average Bonchev–Trinajstić information content (AvgIpc) is 2.84. The largest absolute Gasteiger partial charge is 0.479 e. The average molecular weight is 267 g/mol. The lowest BCUT2D eigenvalue weighted by Crippen LogP contribution is -2.30. The Morgan fingerprint density at radius 3 is 2.68 bits per heavy atom. The van der Waals surface area contributed by atoms with Crippen LogP contribution in [0.15, 0.2) is 18.2 Å². The molecule has 1 heterocycles. The van der Waals surface area contributed by atoms with Gasteiger partial charge in [0.05, 0.1) is 0 Å². The summed E-state index contributed by atoms with van der Waals surface area (Å²) in [4.78, 5) is 22.6. The van der Waals surface area contributed by atoms with Gasteiger partial charge in [0.2, 0.25) is 0 Å². The third-order valence-corrected chi connectivity index (χ3v) is 3.11. The van der Waals surface area contributed by atoms with E-state index in [1.54, 1.807) is 13.0 Å². The van der Waals surface area contributed by atoms with Crippen LogP contribution in [0.5, 0.6) is 0 Å². The van der Waals surface area contributed by atoms with Crippen LogP contribution in [0.4, 0.5) is 10.1 Å². The molecule has 1 amide bonds. The lowest BCUT2D eigenvalue weighted by Gasteiger charge is -2.13. The van der Waals surface area contributed by atoms with Gasteiger partial charge in [0.15, 0.2) is 6.10 Å². The lowest BCUT2D eigenvalue weighted by molar-refractivity contribution is -0.150. The predicted molar refractivity (Wildman–Crippen MR) is 65.3 cm³/mol. The molecule has 0 radical (unpaired) electrons. The van der Waals surface area contributed by atoms with Crippen molar-refractivity contribution in [1.82, 2.24) is 0 Å². The number of benzene rings is 1. The van der Waals surface area contributed by atoms with Gasteiger partial charge in [0.1, 0.15) is 11.9 Å². The molecule has 1 aromatic rings. The summed E-state index contributed by atoms with van der Waals surface area (Å²) in [6, 6.07) is 4.38. The summed E-state index contributed by atoms with van der Waals surface area (Å²) < 4.78 is 18.4. The Balaban J connectivity index is 2.02. The summed E-state index contributed by atoms with van der Waals surface area (Å²) in [5.74, 6) is -1.93. The molecule has 2 atom stereocenters. The first kappa shape index (κ1) is 13.5. The van der Waals surface area contributed by atoms with E-state index < -0.39 is 29.9 Å². The first-order chi connectivity index (χ1) is 8.99. The van der Waals surface area contributed by atoms with E-state index >= 15 is 0 Å². The van der Waals surface area contributed by atoms with Crippen LogP contribution in [0.25, 0.3) is 0 Å². The molecule has 0 unspecified atom stereocenters. The Kier molecular flexibility index (Phi) is 3.80. The Hall–Kier alpha value is -1.95. The van der Waals surface area contributed by atoms with Gasteiger partial charge in [-0.25, -0.2) is 9.18 Å². The molecule has 2 N–H and O–H groups in total. The molecule has 0 spiro atoms. The molecule has 1 saturated heterocycles. The number of anilines is 1. The van der Waals surface area contributed by atoms with Crippen molar-refractivity contribution in [2.45, 2.75) is 32.0 Å². The topological polar surface area (TPSA) is 75.6 Å². The highest BCUT2D eigenvalue weighted by molar-refractivity contribution is 5.95. The second-order valence-electron chi connectivity index (χ2n) is 4.43. The number of carboxylic acids is 1.